The van der Waals surface area contributed by atoms with E-state index in [4.69, 9.17) is 9.47 Å². The molecule has 2 aliphatic carbocycles. The number of hydrogen-bond acceptors (Lipinski definition) is 5. The maximum absolute atomic E-state index is 11.8. The first-order valence-corrected chi connectivity index (χ1v) is 11.9. The van der Waals surface area contributed by atoms with Crippen molar-refractivity contribution in [1.29, 1.82) is 0 Å². The van der Waals surface area contributed by atoms with Gasteiger partial charge in [-0.15, -0.1) is 0 Å². The predicted molar refractivity (Wildman–Crippen MR) is 120 cm³/mol. The predicted octanol–water partition coefficient (Wildman–Crippen LogP) is 4.53. The van der Waals surface area contributed by atoms with Crippen LogP contribution in [0.1, 0.15) is 56.1 Å². The van der Waals surface area contributed by atoms with Crippen LogP contribution >= 0.6 is 0 Å². The number of piperidine rings is 1. The first kappa shape index (κ1) is 20.8. The number of rotatable bonds is 6. The fraction of sp³-hybridized carbons (Fsp3) is 0.577. The molecule has 3 fully saturated rings. The van der Waals surface area contributed by atoms with Gasteiger partial charge in [-0.1, -0.05) is 18.6 Å². The molecular weight excluding hydrogens is 388 g/mol. The van der Waals surface area contributed by atoms with Crippen molar-refractivity contribution in [2.24, 2.45) is 11.8 Å². The van der Waals surface area contributed by atoms with E-state index in [1.54, 1.807) is 13.3 Å². The van der Waals surface area contributed by atoms with Gasteiger partial charge in [-0.2, -0.15) is 0 Å². The van der Waals surface area contributed by atoms with E-state index in [2.05, 4.69) is 28.1 Å². The zero-order chi connectivity index (χ0) is 21.3. The third-order valence-corrected chi connectivity index (χ3v) is 7.66. The van der Waals surface area contributed by atoms with E-state index in [0.717, 1.165) is 62.4 Å². The Kier molecular flexibility index (Phi) is 5.89. The molecule has 0 radical (unpaired) electrons. The van der Waals surface area contributed by atoms with Crippen LogP contribution in [0.5, 0.6) is 11.5 Å². The lowest BCUT2D eigenvalue weighted by atomic mass is 9.63. The summed E-state index contributed by atoms with van der Waals surface area (Å²) in [5, 5.41) is 11.8. The first-order chi connectivity index (χ1) is 15.2. The lowest BCUT2D eigenvalue weighted by Crippen LogP contribution is -2.57. The van der Waals surface area contributed by atoms with Crippen molar-refractivity contribution in [2.75, 3.05) is 20.2 Å². The van der Waals surface area contributed by atoms with Gasteiger partial charge in [0.1, 0.15) is 0 Å². The molecule has 2 bridgehead atoms. The molecule has 2 saturated carbocycles. The van der Waals surface area contributed by atoms with Crippen LogP contribution in [0.4, 0.5) is 0 Å². The Labute approximate surface area is 185 Å². The molecule has 0 spiro atoms. The van der Waals surface area contributed by atoms with E-state index in [0.29, 0.717) is 6.10 Å². The Bertz CT molecular complexity index is 867. The van der Waals surface area contributed by atoms with Crippen molar-refractivity contribution in [2.45, 2.75) is 63.2 Å². The van der Waals surface area contributed by atoms with E-state index in [-0.39, 0.29) is 11.8 Å². The number of pyridine rings is 1. The van der Waals surface area contributed by atoms with E-state index in [1.165, 1.54) is 24.8 Å². The van der Waals surface area contributed by atoms with E-state index in [9.17, 15) is 5.11 Å². The largest absolute Gasteiger partial charge is 0.493 e. The average Bonchev–Trinajstić information content (AvgIpc) is 3.29. The maximum Gasteiger partial charge on any atom is 0.161 e. The number of methoxy groups -OCH3 is 1. The summed E-state index contributed by atoms with van der Waals surface area (Å²) in [5.41, 5.74) is 1.47. The summed E-state index contributed by atoms with van der Waals surface area (Å²) in [5.74, 6) is 2.18. The molecule has 1 aromatic heterocycles. The number of ether oxygens (including phenoxy) is 2. The van der Waals surface area contributed by atoms with Crippen molar-refractivity contribution >= 4 is 0 Å². The Morgan fingerprint density at radius 1 is 1.03 bits per heavy atom. The number of hydrogen-bond donors (Lipinski definition) is 1. The van der Waals surface area contributed by atoms with Gasteiger partial charge in [-0.05, 0) is 62.3 Å². The number of nitrogens with zero attached hydrogens (tertiary/aromatic N) is 2. The molecule has 31 heavy (non-hydrogen) atoms. The molecule has 5 heteroatoms. The van der Waals surface area contributed by atoms with Crippen LogP contribution in [-0.4, -0.2) is 41.3 Å². The smallest absolute Gasteiger partial charge is 0.161 e. The number of fused-ring (bicyclic) bond motifs is 2. The summed E-state index contributed by atoms with van der Waals surface area (Å²) in [6.45, 7) is 2.69. The van der Waals surface area contributed by atoms with Crippen molar-refractivity contribution in [3.05, 3.63) is 53.9 Å². The lowest BCUT2D eigenvalue weighted by Gasteiger charge is -2.53. The molecule has 166 valence electrons. The fourth-order valence-electron chi connectivity index (χ4n) is 6.09. The third kappa shape index (κ3) is 4.06. The summed E-state index contributed by atoms with van der Waals surface area (Å²) in [6, 6.07) is 10.4. The van der Waals surface area contributed by atoms with Crippen LogP contribution in [0.25, 0.3) is 0 Å². The van der Waals surface area contributed by atoms with E-state index < -0.39 is 5.60 Å². The van der Waals surface area contributed by atoms with Crippen LogP contribution in [0, 0.1) is 11.8 Å². The molecule has 5 nitrogen and oxygen atoms in total. The Morgan fingerprint density at radius 2 is 1.81 bits per heavy atom. The number of aliphatic hydroxyl groups is 1. The second kappa shape index (κ2) is 8.79. The molecule has 2 aromatic rings. The number of aromatic nitrogens is 1. The Morgan fingerprint density at radius 3 is 2.48 bits per heavy atom. The topological polar surface area (TPSA) is 54.8 Å². The monoisotopic (exact) mass is 422 g/mol. The van der Waals surface area contributed by atoms with E-state index in [1.807, 2.05) is 18.3 Å². The highest BCUT2D eigenvalue weighted by Gasteiger charge is 2.51. The van der Waals surface area contributed by atoms with Crippen LogP contribution in [0.2, 0.25) is 0 Å². The summed E-state index contributed by atoms with van der Waals surface area (Å²) >= 11 is 0. The molecule has 1 aliphatic heterocycles. The normalized spacial score (nSPS) is 29.1. The van der Waals surface area contributed by atoms with Gasteiger partial charge >= 0.3 is 0 Å². The highest BCUT2D eigenvalue weighted by molar-refractivity contribution is 5.43. The van der Waals surface area contributed by atoms with Gasteiger partial charge in [-0.3, -0.25) is 9.88 Å². The van der Waals surface area contributed by atoms with Gasteiger partial charge in [0.15, 0.2) is 11.5 Å². The molecule has 1 saturated heterocycles. The maximum atomic E-state index is 11.8. The number of likely N-dealkylation sites (tertiary alicyclic amines) is 1. The van der Waals surface area contributed by atoms with Gasteiger partial charge in [0.2, 0.25) is 0 Å². The summed E-state index contributed by atoms with van der Waals surface area (Å²) in [6.07, 6.45) is 12.1. The third-order valence-electron chi connectivity index (χ3n) is 7.66. The molecule has 2 heterocycles. The second-order valence-electron chi connectivity index (χ2n) is 9.60. The SMILES string of the molecule is COc1cc(CN2C[C@H]3CCC[C@@H](C2)C3(O)c2cccnc2)ccc1OC1CCCC1. The molecule has 5 rings (SSSR count). The summed E-state index contributed by atoms with van der Waals surface area (Å²) in [7, 11) is 1.72. The number of benzene rings is 1. The molecule has 3 atom stereocenters. The molecule has 1 unspecified atom stereocenters. The Balaban J connectivity index is 1.30. The van der Waals surface area contributed by atoms with Crippen LogP contribution in [-0.2, 0) is 12.1 Å². The van der Waals surface area contributed by atoms with Crippen molar-refractivity contribution in [3.63, 3.8) is 0 Å². The minimum atomic E-state index is -0.750. The van der Waals surface area contributed by atoms with E-state index >= 15 is 0 Å². The van der Waals surface area contributed by atoms with Gasteiger partial charge in [-0.25, -0.2) is 0 Å². The molecule has 1 aromatic carbocycles. The van der Waals surface area contributed by atoms with Gasteiger partial charge in [0.05, 0.1) is 18.8 Å². The van der Waals surface area contributed by atoms with Gasteiger partial charge in [0.25, 0.3) is 0 Å². The summed E-state index contributed by atoms with van der Waals surface area (Å²) in [4.78, 5) is 6.79. The van der Waals surface area contributed by atoms with Crippen molar-refractivity contribution in [1.82, 2.24) is 9.88 Å². The van der Waals surface area contributed by atoms with Gasteiger partial charge < -0.3 is 14.6 Å². The standard InChI is InChI=1S/C26H34N2O3/c1-30-25-14-19(11-12-24(25)31-23-9-2-3-10-23)16-28-17-21-6-4-7-22(18-28)26(21,29)20-8-5-13-27-15-20/h5,8,11-15,21-23,29H,2-4,6-7,9-10,16-18H2,1H3/t21-,22+,26?. The van der Waals surface area contributed by atoms with Gasteiger partial charge in [0, 0.05) is 49.4 Å². The average molecular weight is 423 g/mol. The highest BCUT2D eigenvalue weighted by atomic mass is 16.5. The van der Waals surface area contributed by atoms with Crippen molar-refractivity contribution in [3.8, 4) is 11.5 Å². The van der Waals surface area contributed by atoms with Crippen LogP contribution in [0.15, 0.2) is 42.7 Å². The zero-order valence-electron chi connectivity index (χ0n) is 18.5. The second-order valence-corrected chi connectivity index (χ2v) is 9.60. The fourth-order valence-corrected chi connectivity index (χ4v) is 6.09. The highest BCUT2D eigenvalue weighted by Crippen LogP contribution is 2.49. The minimum Gasteiger partial charge on any atom is -0.493 e. The molecular formula is C26H34N2O3. The van der Waals surface area contributed by atoms with Crippen molar-refractivity contribution < 1.29 is 14.6 Å². The molecule has 3 aliphatic rings. The van der Waals surface area contributed by atoms with Crippen LogP contribution < -0.4 is 9.47 Å². The molecule has 1 N–H and O–H groups in total. The first-order valence-electron chi connectivity index (χ1n) is 11.9. The zero-order valence-corrected chi connectivity index (χ0v) is 18.5. The quantitative estimate of drug-likeness (QED) is 0.741. The lowest BCUT2D eigenvalue weighted by molar-refractivity contribution is -0.148. The molecule has 0 amide bonds. The van der Waals surface area contributed by atoms with Crippen LogP contribution in [0.3, 0.4) is 0 Å². The Hall–Kier alpha value is -2.11. The summed E-state index contributed by atoms with van der Waals surface area (Å²) < 4.78 is 11.9. The minimum absolute atomic E-state index is 0.246.